The molecule has 0 aliphatic carbocycles. The first-order chi connectivity index (χ1) is 20.2. The van der Waals surface area contributed by atoms with Gasteiger partial charge in [0, 0.05) is 17.6 Å². The molecular weight excluding hydrogens is 618 g/mol. The van der Waals surface area contributed by atoms with E-state index in [1.807, 2.05) is 54.6 Å². The van der Waals surface area contributed by atoms with E-state index in [9.17, 15) is 18.0 Å². The molecule has 0 fully saturated rings. The number of nitrogens with zero attached hydrogens (tertiary/aromatic N) is 2. The average molecular weight is 651 g/mol. The molecule has 4 aromatic carbocycles. The third-order valence-electron chi connectivity index (χ3n) is 6.50. The Morgan fingerprint density at radius 2 is 1.40 bits per heavy atom. The maximum absolute atomic E-state index is 13.9. The number of nitrogens with one attached hydrogen (secondary N) is 1. The largest absolute Gasteiger partial charge is 0.457 e. The number of likely N-dealkylation sites (N-methyl/N-ethyl adjacent to an activating group) is 1. The van der Waals surface area contributed by atoms with Crippen LogP contribution in [-0.2, 0) is 26.2 Å². The predicted octanol–water partition coefficient (Wildman–Crippen LogP) is 5.99. The number of halogens is 1. The van der Waals surface area contributed by atoms with Crippen molar-refractivity contribution >= 4 is 43.5 Å². The summed E-state index contributed by atoms with van der Waals surface area (Å²) in [5, 5.41) is 2.76. The fourth-order valence-electron chi connectivity index (χ4n) is 4.24. The Balaban J connectivity index is 1.68. The Kier molecular flexibility index (Phi) is 10.4. The lowest BCUT2D eigenvalue weighted by Crippen LogP contribution is -2.51. The molecule has 0 spiro atoms. The smallest absolute Gasteiger partial charge is 0.264 e. The molecule has 0 saturated carbocycles. The van der Waals surface area contributed by atoms with Crippen molar-refractivity contribution in [3.05, 3.63) is 119 Å². The van der Waals surface area contributed by atoms with E-state index in [0.29, 0.717) is 18.0 Å². The molecule has 8 nitrogen and oxygen atoms in total. The third-order valence-corrected chi connectivity index (χ3v) is 8.81. The Morgan fingerprint density at radius 3 is 2.00 bits per heavy atom. The highest BCUT2D eigenvalue weighted by Gasteiger charge is 2.32. The summed E-state index contributed by atoms with van der Waals surface area (Å²) in [6.07, 6.45) is 0. The summed E-state index contributed by atoms with van der Waals surface area (Å²) in [7, 11) is -4.15. The summed E-state index contributed by atoms with van der Waals surface area (Å²) in [5.74, 6) is 0.288. The number of benzene rings is 4. The van der Waals surface area contributed by atoms with Gasteiger partial charge in [-0.1, -0.05) is 64.5 Å². The van der Waals surface area contributed by atoms with Crippen LogP contribution in [0.25, 0.3) is 0 Å². The zero-order valence-electron chi connectivity index (χ0n) is 23.3. The maximum Gasteiger partial charge on any atom is 0.264 e. The van der Waals surface area contributed by atoms with E-state index in [-0.39, 0.29) is 23.0 Å². The van der Waals surface area contributed by atoms with Gasteiger partial charge in [0.15, 0.2) is 0 Å². The van der Waals surface area contributed by atoms with Crippen LogP contribution in [0.3, 0.4) is 0 Å². The van der Waals surface area contributed by atoms with Gasteiger partial charge in [-0.2, -0.15) is 0 Å². The molecule has 218 valence electrons. The van der Waals surface area contributed by atoms with Gasteiger partial charge in [0.1, 0.15) is 24.1 Å². The molecule has 2 amide bonds. The van der Waals surface area contributed by atoms with Crippen molar-refractivity contribution in [2.75, 3.05) is 17.4 Å². The highest BCUT2D eigenvalue weighted by molar-refractivity contribution is 9.10. The zero-order chi connectivity index (χ0) is 30.1. The van der Waals surface area contributed by atoms with Crippen LogP contribution in [0.15, 0.2) is 119 Å². The summed E-state index contributed by atoms with van der Waals surface area (Å²) in [6, 6.07) is 30.2. The third kappa shape index (κ3) is 7.77. The monoisotopic (exact) mass is 649 g/mol. The SMILES string of the molecule is CCNC(=O)[C@@H](C)N(Cc1ccc(Br)cc1)C(=O)CN(c1ccc(Oc2ccccc2)cc1)S(=O)(=O)c1ccccc1. The van der Waals surface area contributed by atoms with Gasteiger partial charge < -0.3 is 15.0 Å². The highest BCUT2D eigenvalue weighted by atomic mass is 79.9. The summed E-state index contributed by atoms with van der Waals surface area (Å²) < 4.78 is 35.6. The zero-order valence-corrected chi connectivity index (χ0v) is 25.7. The lowest BCUT2D eigenvalue weighted by molar-refractivity contribution is -0.139. The number of amides is 2. The van der Waals surface area contributed by atoms with Crippen molar-refractivity contribution in [2.24, 2.45) is 0 Å². The van der Waals surface area contributed by atoms with E-state index in [4.69, 9.17) is 4.74 Å². The Bertz CT molecular complexity index is 1580. The second-order valence-electron chi connectivity index (χ2n) is 9.45. The van der Waals surface area contributed by atoms with Gasteiger partial charge in [0.2, 0.25) is 11.8 Å². The Morgan fingerprint density at radius 1 is 0.833 bits per heavy atom. The van der Waals surface area contributed by atoms with Gasteiger partial charge in [-0.3, -0.25) is 13.9 Å². The molecule has 0 aliphatic rings. The van der Waals surface area contributed by atoms with Gasteiger partial charge in [-0.25, -0.2) is 8.42 Å². The fraction of sp³-hybridized carbons (Fsp3) is 0.188. The number of hydrogen-bond acceptors (Lipinski definition) is 5. The van der Waals surface area contributed by atoms with Crippen molar-refractivity contribution in [3.8, 4) is 11.5 Å². The predicted molar refractivity (Wildman–Crippen MR) is 167 cm³/mol. The van der Waals surface area contributed by atoms with Gasteiger partial charge >= 0.3 is 0 Å². The number of para-hydroxylation sites is 1. The van der Waals surface area contributed by atoms with Crippen LogP contribution in [0, 0.1) is 0 Å². The van der Waals surface area contributed by atoms with Crippen molar-refractivity contribution in [1.29, 1.82) is 0 Å². The summed E-state index contributed by atoms with van der Waals surface area (Å²) >= 11 is 3.41. The standard InChI is InChI=1S/C32H32BrN3O5S/c1-3-34-32(38)24(2)35(22-25-14-16-26(33)17-15-25)31(37)23-36(42(39,40)30-12-8-5-9-13-30)27-18-20-29(21-19-27)41-28-10-6-4-7-11-28/h4-21,24H,3,22-23H2,1-2H3,(H,34,38)/t24-/m1/s1. The van der Waals surface area contributed by atoms with E-state index >= 15 is 0 Å². The van der Waals surface area contributed by atoms with E-state index < -0.39 is 28.5 Å². The molecule has 10 heteroatoms. The molecule has 0 aliphatic heterocycles. The maximum atomic E-state index is 13.9. The van der Waals surface area contributed by atoms with Crippen LogP contribution in [0.1, 0.15) is 19.4 Å². The molecule has 4 aromatic rings. The Labute approximate surface area is 255 Å². The number of ether oxygens (including phenoxy) is 1. The Hall–Kier alpha value is -4.15. The topological polar surface area (TPSA) is 96.0 Å². The van der Waals surface area contributed by atoms with Crippen molar-refractivity contribution in [1.82, 2.24) is 10.2 Å². The summed E-state index contributed by atoms with van der Waals surface area (Å²) in [5.41, 5.74) is 1.07. The minimum absolute atomic E-state index is 0.0404. The molecule has 0 bridgehead atoms. The fourth-order valence-corrected chi connectivity index (χ4v) is 5.94. The molecule has 0 saturated heterocycles. The quantitative estimate of drug-likeness (QED) is 0.203. The minimum Gasteiger partial charge on any atom is -0.457 e. The molecule has 1 atom stereocenters. The van der Waals surface area contributed by atoms with Crippen LogP contribution in [0.4, 0.5) is 5.69 Å². The minimum atomic E-state index is -4.15. The molecule has 4 rings (SSSR count). The first-order valence-corrected chi connectivity index (χ1v) is 15.6. The van der Waals surface area contributed by atoms with Gasteiger partial charge in [0.05, 0.1) is 10.6 Å². The number of hydrogen-bond donors (Lipinski definition) is 1. The van der Waals surface area contributed by atoms with Crippen molar-refractivity contribution in [3.63, 3.8) is 0 Å². The molecule has 1 N–H and O–H groups in total. The summed E-state index contributed by atoms with van der Waals surface area (Å²) in [4.78, 5) is 28.2. The van der Waals surface area contributed by atoms with Gasteiger partial charge in [-0.05, 0) is 80.1 Å². The first kappa shape index (κ1) is 30.8. The molecule has 0 unspecified atom stereocenters. The van der Waals surface area contributed by atoms with Crippen molar-refractivity contribution in [2.45, 2.75) is 31.3 Å². The van der Waals surface area contributed by atoms with E-state index in [1.54, 1.807) is 56.3 Å². The molecular formula is C32H32BrN3O5S. The normalized spacial score (nSPS) is 11.8. The van der Waals surface area contributed by atoms with Crippen LogP contribution >= 0.6 is 15.9 Å². The van der Waals surface area contributed by atoms with Crippen LogP contribution in [-0.4, -0.2) is 44.3 Å². The number of sulfonamides is 1. The van der Waals surface area contributed by atoms with E-state index in [1.165, 1.54) is 17.0 Å². The average Bonchev–Trinajstić information content (AvgIpc) is 3.00. The second kappa shape index (κ2) is 14.2. The molecule has 0 aromatic heterocycles. The van der Waals surface area contributed by atoms with Crippen molar-refractivity contribution < 1.29 is 22.7 Å². The van der Waals surface area contributed by atoms with Crippen LogP contribution < -0.4 is 14.4 Å². The van der Waals surface area contributed by atoms with E-state index in [0.717, 1.165) is 14.3 Å². The lowest BCUT2D eigenvalue weighted by Gasteiger charge is -2.32. The number of carbonyl (C=O) groups excluding carboxylic acids is 2. The number of rotatable bonds is 12. The van der Waals surface area contributed by atoms with Crippen LogP contribution in [0.5, 0.6) is 11.5 Å². The number of anilines is 1. The first-order valence-electron chi connectivity index (χ1n) is 13.4. The highest BCUT2D eigenvalue weighted by Crippen LogP contribution is 2.28. The molecule has 0 heterocycles. The van der Waals surface area contributed by atoms with E-state index in [2.05, 4.69) is 21.2 Å². The second-order valence-corrected chi connectivity index (χ2v) is 12.2. The van der Waals surface area contributed by atoms with Gasteiger partial charge in [0.25, 0.3) is 10.0 Å². The summed E-state index contributed by atoms with van der Waals surface area (Å²) in [6.45, 7) is 3.43. The van der Waals surface area contributed by atoms with Gasteiger partial charge in [-0.15, -0.1) is 0 Å². The lowest BCUT2D eigenvalue weighted by atomic mass is 10.1. The molecule has 0 radical (unpaired) electrons. The molecule has 42 heavy (non-hydrogen) atoms. The number of carbonyl (C=O) groups is 2. The van der Waals surface area contributed by atoms with Crippen LogP contribution in [0.2, 0.25) is 0 Å².